The molecule has 6 nitrogen and oxygen atoms in total. The minimum absolute atomic E-state index is 0.653. The normalized spacial score (nSPS) is 10.9. The summed E-state index contributed by atoms with van der Waals surface area (Å²) in [5.41, 5.74) is 6.76. The van der Waals surface area contributed by atoms with Gasteiger partial charge in [-0.3, -0.25) is 10.2 Å². The van der Waals surface area contributed by atoms with Gasteiger partial charge in [0.15, 0.2) is 11.5 Å². The van der Waals surface area contributed by atoms with Crippen molar-refractivity contribution in [3.63, 3.8) is 0 Å². The Kier molecular flexibility index (Phi) is 6.76. The van der Waals surface area contributed by atoms with Crippen LogP contribution < -0.4 is 9.47 Å². The van der Waals surface area contributed by atoms with Crippen molar-refractivity contribution in [1.82, 2.24) is 20.4 Å². The number of aromatic amines is 2. The summed E-state index contributed by atoms with van der Waals surface area (Å²) in [6, 6.07) is 47.7. The summed E-state index contributed by atoms with van der Waals surface area (Å²) >= 11 is 0. The zero-order chi connectivity index (χ0) is 28.1. The number of aromatic nitrogens is 4. The van der Waals surface area contributed by atoms with Gasteiger partial charge in [0, 0.05) is 22.3 Å². The molecule has 0 saturated heterocycles. The fourth-order valence-electron chi connectivity index (χ4n) is 4.88. The van der Waals surface area contributed by atoms with E-state index in [9.17, 15) is 0 Å². The van der Waals surface area contributed by atoms with E-state index >= 15 is 0 Å². The van der Waals surface area contributed by atoms with Crippen LogP contribution in [-0.4, -0.2) is 20.4 Å². The lowest BCUT2D eigenvalue weighted by molar-refractivity contribution is 0.486. The zero-order valence-electron chi connectivity index (χ0n) is 22.6. The van der Waals surface area contributed by atoms with Gasteiger partial charge in [0.1, 0.15) is 34.3 Å². The second kappa shape index (κ2) is 11.3. The predicted molar refractivity (Wildman–Crippen MR) is 166 cm³/mol. The first-order valence-electron chi connectivity index (χ1n) is 13.7. The second-order valence-electron chi connectivity index (χ2n) is 9.70. The van der Waals surface area contributed by atoms with Crippen molar-refractivity contribution in [2.24, 2.45) is 0 Å². The van der Waals surface area contributed by atoms with Gasteiger partial charge in [0.2, 0.25) is 0 Å². The van der Waals surface area contributed by atoms with E-state index in [0.717, 1.165) is 56.5 Å². The van der Waals surface area contributed by atoms with E-state index in [0.29, 0.717) is 11.5 Å². The van der Waals surface area contributed by atoms with Crippen LogP contribution in [0.2, 0.25) is 0 Å². The van der Waals surface area contributed by atoms with Crippen LogP contribution >= 0.6 is 0 Å². The van der Waals surface area contributed by atoms with Crippen molar-refractivity contribution >= 4 is 0 Å². The molecule has 0 aliphatic rings. The summed E-state index contributed by atoms with van der Waals surface area (Å²) in [5, 5.41) is 15.9. The molecule has 0 aliphatic heterocycles. The lowest BCUT2D eigenvalue weighted by Gasteiger charge is -2.11. The smallest absolute Gasteiger partial charge is 0.180 e. The van der Waals surface area contributed by atoms with Crippen molar-refractivity contribution < 1.29 is 9.47 Å². The van der Waals surface area contributed by atoms with Crippen LogP contribution in [0.25, 0.3) is 45.0 Å². The van der Waals surface area contributed by atoms with Crippen LogP contribution in [0.4, 0.5) is 0 Å². The Morgan fingerprint density at radius 3 is 1.14 bits per heavy atom. The Hall–Kier alpha value is -5.88. The van der Waals surface area contributed by atoms with Gasteiger partial charge in [-0.1, -0.05) is 115 Å². The van der Waals surface area contributed by atoms with Crippen LogP contribution in [0.3, 0.4) is 0 Å². The number of nitrogens with one attached hydrogen (secondary N) is 2. The lowest BCUT2D eigenvalue weighted by atomic mass is 10.0. The molecule has 2 N–H and O–H groups in total. The molecule has 0 atom stereocenters. The molecule has 0 fully saturated rings. The summed E-state index contributed by atoms with van der Waals surface area (Å²) in [5.74, 6) is 2.76. The molecule has 0 spiro atoms. The van der Waals surface area contributed by atoms with E-state index in [4.69, 9.17) is 9.47 Å². The third kappa shape index (κ3) is 5.05. The molecule has 7 rings (SSSR count). The minimum Gasteiger partial charge on any atom is -0.453 e. The van der Waals surface area contributed by atoms with Crippen molar-refractivity contribution in [3.05, 3.63) is 146 Å². The average molecular weight is 547 g/mol. The largest absolute Gasteiger partial charge is 0.453 e. The molecule has 0 amide bonds. The molecule has 6 heteroatoms. The number of ether oxygens (including phenoxy) is 2. The molecular weight excluding hydrogens is 520 g/mol. The summed E-state index contributed by atoms with van der Waals surface area (Å²) in [4.78, 5) is 0. The van der Waals surface area contributed by atoms with Crippen LogP contribution in [-0.2, 0) is 0 Å². The topological polar surface area (TPSA) is 75.8 Å². The Balaban J connectivity index is 1.34. The summed E-state index contributed by atoms with van der Waals surface area (Å²) in [7, 11) is 0. The molecule has 0 bridgehead atoms. The van der Waals surface area contributed by atoms with Crippen LogP contribution in [0.1, 0.15) is 0 Å². The van der Waals surface area contributed by atoms with Gasteiger partial charge in [0.25, 0.3) is 0 Å². The monoisotopic (exact) mass is 546 g/mol. The molecule has 0 aliphatic carbocycles. The first-order valence-corrected chi connectivity index (χ1v) is 13.7. The van der Waals surface area contributed by atoms with Gasteiger partial charge in [0.05, 0.1) is 0 Å². The molecule has 202 valence electrons. The van der Waals surface area contributed by atoms with Crippen molar-refractivity contribution in [2.75, 3.05) is 0 Å². The van der Waals surface area contributed by atoms with E-state index in [1.807, 2.05) is 140 Å². The van der Waals surface area contributed by atoms with Gasteiger partial charge >= 0.3 is 0 Å². The molecule has 0 unspecified atom stereocenters. The first-order chi connectivity index (χ1) is 20.8. The van der Waals surface area contributed by atoms with Crippen LogP contribution in [0, 0.1) is 0 Å². The number of benzene rings is 5. The summed E-state index contributed by atoms with van der Waals surface area (Å²) < 4.78 is 12.9. The molecule has 5 aromatic carbocycles. The number of H-pyrrole nitrogens is 2. The van der Waals surface area contributed by atoms with E-state index in [2.05, 4.69) is 26.5 Å². The Bertz CT molecular complexity index is 1780. The van der Waals surface area contributed by atoms with Gasteiger partial charge in [-0.05, 0) is 30.3 Å². The molecule has 2 heterocycles. The number of hydrogen-bond donors (Lipinski definition) is 2. The maximum absolute atomic E-state index is 6.46. The van der Waals surface area contributed by atoms with Gasteiger partial charge in [-0.25, -0.2) is 0 Å². The molecule has 42 heavy (non-hydrogen) atoms. The van der Waals surface area contributed by atoms with Crippen molar-refractivity contribution in [1.29, 1.82) is 0 Å². The van der Waals surface area contributed by atoms with Gasteiger partial charge in [-0.2, -0.15) is 10.2 Å². The zero-order valence-corrected chi connectivity index (χ0v) is 22.6. The highest BCUT2D eigenvalue weighted by molar-refractivity contribution is 5.83. The maximum Gasteiger partial charge on any atom is 0.180 e. The predicted octanol–water partition coefficient (Wildman–Crippen LogP) is 9.39. The van der Waals surface area contributed by atoms with Crippen molar-refractivity contribution in [3.8, 4) is 68.0 Å². The summed E-state index contributed by atoms with van der Waals surface area (Å²) in [6.45, 7) is 0. The number of nitrogens with zero attached hydrogens (tertiary/aromatic N) is 2. The SMILES string of the molecule is c1ccc(Oc2c(-c3ccccc3)n[nH]c2-c2cccc(-c3[nH]nc(-c4ccccc4)c3Oc3ccccc3)c2)cc1. The fraction of sp³-hybridized carbons (Fsp3) is 0. The first kappa shape index (κ1) is 25.1. The highest BCUT2D eigenvalue weighted by atomic mass is 16.5. The Morgan fingerprint density at radius 1 is 0.381 bits per heavy atom. The van der Waals surface area contributed by atoms with Crippen LogP contribution in [0.5, 0.6) is 23.0 Å². The standard InChI is InChI=1S/C36H26N4O2/c1-5-14-25(15-6-1)31-35(41-29-20-9-3-10-21-29)33(39-37-31)27-18-13-19-28(24-27)34-36(42-30-22-11-4-12-23-30)32(38-40-34)26-16-7-2-8-17-26/h1-24H,(H,37,39)(H,38,40). The van der Waals surface area contributed by atoms with E-state index in [-0.39, 0.29) is 0 Å². The highest BCUT2D eigenvalue weighted by Gasteiger charge is 2.22. The molecule has 2 aromatic heterocycles. The average Bonchev–Trinajstić information content (AvgIpc) is 3.67. The number of para-hydroxylation sites is 2. The third-order valence-corrected chi connectivity index (χ3v) is 6.90. The molecular formula is C36H26N4O2. The Morgan fingerprint density at radius 2 is 0.738 bits per heavy atom. The minimum atomic E-state index is 0.653. The molecule has 0 radical (unpaired) electrons. The second-order valence-corrected chi connectivity index (χ2v) is 9.70. The fourth-order valence-corrected chi connectivity index (χ4v) is 4.88. The van der Waals surface area contributed by atoms with Crippen LogP contribution in [0.15, 0.2) is 146 Å². The van der Waals surface area contributed by atoms with E-state index in [1.165, 1.54) is 0 Å². The van der Waals surface area contributed by atoms with Gasteiger partial charge in [-0.15, -0.1) is 0 Å². The highest BCUT2D eigenvalue weighted by Crippen LogP contribution is 2.43. The van der Waals surface area contributed by atoms with E-state index in [1.54, 1.807) is 0 Å². The third-order valence-electron chi connectivity index (χ3n) is 6.90. The van der Waals surface area contributed by atoms with Crippen molar-refractivity contribution in [2.45, 2.75) is 0 Å². The Labute approximate surface area is 243 Å². The quantitative estimate of drug-likeness (QED) is 0.199. The molecule has 7 aromatic rings. The number of rotatable bonds is 8. The molecule has 0 saturated carbocycles. The summed E-state index contributed by atoms with van der Waals surface area (Å²) in [6.07, 6.45) is 0. The lowest BCUT2D eigenvalue weighted by Crippen LogP contribution is -1.90. The maximum atomic E-state index is 6.46. The number of hydrogen-bond acceptors (Lipinski definition) is 4. The van der Waals surface area contributed by atoms with E-state index < -0.39 is 0 Å². The van der Waals surface area contributed by atoms with Gasteiger partial charge < -0.3 is 9.47 Å².